The smallest absolute Gasteiger partial charge is 0.255 e. The zero-order valence-electron chi connectivity index (χ0n) is 12.0. The van der Waals surface area contributed by atoms with Gasteiger partial charge in [-0.05, 0) is 43.0 Å². The van der Waals surface area contributed by atoms with Gasteiger partial charge in [-0.1, -0.05) is 31.0 Å². The van der Waals surface area contributed by atoms with Gasteiger partial charge in [0, 0.05) is 21.8 Å². The second kappa shape index (κ2) is 7.48. The number of aromatic nitrogens is 1. The lowest BCUT2D eigenvalue weighted by atomic mass is 10.1. The quantitative estimate of drug-likeness (QED) is 0.643. The Bertz CT molecular complexity index is 646. The fourth-order valence-corrected chi connectivity index (χ4v) is 2.66. The van der Waals surface area contributed by atoms with Crippen LogP contribution in [0.5, 0.6) is 0 Å². The van der Waals surface area contributed by atoms with E-state index in [0.717, 1.165) is 29.1 Å². The van der Waals surface area contributed by atoms with Crippen molar-refractivity contribution in [3.63, 3.8) is 0 Å². The second-order valence-electron chi connectivity index (χ2n) is 4.61. The summed E-state index contributed by atoms with van der Waals surface area (Å²) in [5.74, 6) is -0.171. The highest BCUT2D eigenvalue weighted by Crippen LogP contribution is 2.20. The second-order valence-corrected chi connectivity index (χ2v) is 5.87. The van der Waals surface area contributed by atoms with Gasteiger partial charge < -0.3 is 5.32 Å². The zero-order valence-corrected chi connectivity index (χ0v) is 13.6. The van der Waals surface area contributed by atoms with Gasteiger partial charge in [0.25, 0.3) is 5.91 Å². The van der Waals surface area contributed by atoms with E-state index in [4.69, 9.17) is 11.6 Å². The molecule has 1 aromatic heterocycles. The Balaban J connectivity index is 2.19. The van der Waals surface area contributed by atoms with Gasteiger partial charge in [-0.3, -0.25) is 4.79 Å². The number of amides is 1. The van der Waals surface area contributed by atoms with Crippen LogP contribution in [0.15, 0.2) is 41.3 Å². The van der Waals surface area contributed by atoms with Crippen LogP contribution in [0.4, 0.5) is 5.69 Å². The minimum Gasteiger partial charge on any atom is -0.322 e. The molecule has 0 aliphatic rings. The van der Waals surface area contributed by atoms with E-state index in [1.807, 2.05) is 30.5 Å². The fraction of sp³-hybridized carbons (Fsp3) is 0.250. The van der Waals surface area contributed by atoms with Gasteiger partial charge in [0.2, 0.25) is 0 Å². The molecule has 1 amide bonds. The molecule has 0 unspecified atom stereocenters. The number of rotatable bonds is 5. The first kappa shape index (κ1) is 15.9. The first-order valence-electron chi connectivity index (χ1n) is 6.74. The highest BCUT2D eigenvalue weighted by Gasteiger charge is 2.10. The van der Waals surface area contributed by atoms with Crippen LogP contribution in [0.2, 0.25) is 5.15 Å². The molecular formula is C16H17ClN2OS. The van der Waals surface area contributed by atoms with Crippen LogP contribution in [0.3, 0.4) is 0 Å². The average molecular weight is 321 g/mol. The maximum atomic E-state index is 12.3. The lowest BCUT2D eigenvalue weighted by Gasteiger charge is -2.08. The highest BCUT2D eigenvalue weighted by atomic mass is 35.5. The van der Waals surface area contributed by atoms with Gasteiger partial charge in [-0.2, -0.15) is 0 Å². The molecule has 2 aromatic rings. The summed E-state index contributed by atoms with van der Waals surface area (Å²) in [4.78, 5) is 17.6. The minimum atomic E-state index is -0.171. The molecule has 0 saturated carbocycles. The Labute approximate surface area is 134 Å². The van der Waals surface area contributed by atoms with Crippen LogP contribution in [0.1, 0.15) is 29.4 Å². The van der Waals surface area contributed by atoms with E-state index in [0.29, 0.717) is 10.7 Å². The van der Waals surface area contributed by atoms with Gasteiger partial charge in [-0.15, -0.1) is 11.8 Å². The number of benzene rings is 1. The van der Waals surface area contributed by atoms with Crippen LogP contribution in [-0.4, -0.2) is 17.1 Å². The summed E-state index contributed by atoms with van der Waals surface area (Å²) < 4.78 is 0. The Morgan fingerprint density at radius 3 is 2.86 bits per heavy atom. The number of carbonyl (C=O) groups is 1. The van der Waals surface area contributed by atoms with Crippen molar-refractivity contribution in [2.45, 2.75) is 24.7 Å². The van der Waals surface area contributed by atoms with Crippen molar-refractivity contribution < 1.29 is 4.79 Å². The largest absolute Gasteiger partial charge is 0.322 e. The lowest BCUT2D eigenvalue weighted by molar-refractivity contribution is 0.102. The molecule has 110 valence electrons. The first-order valence-corrected chi connectivity index (χ1v) is 8.34. The number of carbonyl (C=O) groups excluding carboxylic acids is 1. The van der Waals surface area contributed by atoms with Gasteiger partial charge in [0.05, 0.1) is 0 Å². The standard InChI is InChI=1S/C16H17ClN2OS/c1-3-5-12-8-11(9-15(17)18-12)16(20)19-13-6-4-7-14(10-13)21-2/h4,6-10H,3,5H2,1-2H3,(H,19,20). The van der Waals surface area contributed by atoms with Crippen LogP contribution in [0, 0.1) is 0 Å². The van der Waals surface area contributed by atoms with Crippen molar-refractivity contribution in [1.29, 1.82) is 0 Å². The molecule has 21 heavy (non-hydrogen) atoms. The number of nitrogens with one attached hydrogen (secondary N) is 1. The molecule has 2 rings (SSSR count). The van der Waals surface area contributed by atoms with Gasteiger partial charge in [0.15, 0.2) is 0 Å². The molecule has 0 bridgehead atoms. The number of pyridine rings is 1. The van der Waals surface area contributed by atoms with Crippen molar-refractivity contribution in [3.05, 3.63) is 52.8 Å². The molecule has 0 radical (unpaired) electrons. The fourth-order valence-electron chi connectivity index (χ4n) is 1.97. The van der Waals surface area contributed by atoms with E-state index < -0.39 is 0 Å². The Morgan fingerprint density at radius 2 is 2.14 bits per heavy atom. The molecule has 0 fully saturated rings. The van der Waals surface area contributed by atoms with Crippen molar-refractivity contribution in [2.75, 3.05) is 11.6 Å². The van der Waals surface area contributed by atoms with Crippen molar-refractivity contribution in [1.82, 2.24) is 4.98 Å². The van der Waals surface area contributed by atoms with E-state index in [-0.39, 0.29) is 5.91 Å². The molecule has 1 N–H and O–H groups in total. The molecule has 1 heterocycles. The maximum absolute atomic E-state index is 12.3. The van der Waals surface area contributed by atoms with E-state index in [1.165, 1.54) is 0 Å². The number of aryl methyl sites for hydroxylation is 1. The van der Waals surface area contributed by atoms with E-state index in [2.05, 4.69) is 17.2 Å². The third-order valence-electron chi connectivity index (χ3n) is 2.94. The molecule has 0 spiro atoms. The summed E-state index contributed by atoms with van der Waals surface area (Å²) >= 11 is 7.62. The van der Waals surface area contributed by atoms with E-state index >= 15 is 0 Å². The SMILES string of the molecule is CCCc1cc(C(=O)Nc2cccc(SC)c2)cc(Cl)n1. The van der Waals surface area contributed by atoms with Crippen molar-refractivity contribution >= 4 is 35.0 Å². The third kappa shape index (κ3) is 4.48. The highest BCUT2D eigenvalue weighted by molar-refractivity contribution is 7.98. The number of halogens is 1. The number of thioether (sulfide) groups is 1. The predicted octanol–water partition coefficient (Wildman–Crippen LogP) is 4.66. The number of hydrogen-bond donors (Lipinski definition) is 1. The number of anilines is 1. The Hall–Kier alpha value is -1.52. The first-order chi connectivity index (χ1) is 10.1. The Morgan fingerprint density at radius 1 is 1.33 bits per heavy atom. The number of nitrogens with zero attached hydrogens (tertiary/aromatic N) is 1. The summed E-state index contributed by atoms with van der Waals surface area (Å²) in [6.07, 6.45) is 3.77. The normalized spacial score (nSPS) is 10.4. The van der Waals surface area contributed by atoms with Crippen molar-refractivity contribution in [2.24, 2.45) is 0 Å². The van der Waals surface area contributed by atoms with E-state index in [1.54, 1.807) is 23.9 Å². The number of hydrogen-bond acceptors (Lipinski definition) is 3. The molecule has 1 aromatic carbocycles. The summed E-state index contributed by atoms with van der Waals surface area (Å²) in [5, 5.41) is 3.24. The topological polar surface area (TPSA) is 42.0 Å². The molecule has 0 aliphatic heterocycles. The lowest BCUT2D eigenvalue weighted by Crippen LogP contribution is -2.12. The minimum absolute atomic E-state index is 0.171. The van der Waals surface area contributed by atoms with Crippen LogP contribution in [0.25, 0.3) is 0 Å². The van der Waals surface area contributed by atoms with Gasteiger partial charge >= 0.3 is 0 Å². The summed E-state index contributed by atoms with van der Waals surface area (Å²) in [7, 11) is 0. The monoisotopic (exact) mass is 320 g/mol. The predicted molar refractivity (Wildman–Crippen MR) is 89.4 cm³/mol. The third-order valence-corrected chi connectivity index (χ3v) is 3.86. The molecule has 0 saturated heterocycles. The van der Waals surface area contributed by atoms with Crippen molar-refractivity contribution in [3.8, 4) is 0 Å². The maximum Gasteiger partial charge on any atom is 0.255 e. The molecule has 3 nitrogen and oxygen atoms in total. The summed E-state index contributed by atoms with van der Waals surface area (Å²) in [6.45, 7) is 2.07. The molecule has 5 heteroatoms. The summed E-state index contributed by atoms with van der Waals surface area (Å²) in [5.41, 5.74) is 2.15. The molecular weight excluding hydrogens is 304 g/mol. The van der Waals surface area contributed by atoms with Crippen LogP contribution in [-0.2, 0) is 6.42 Å². The van der Waals surface area contributed by atoms with Crippen LogP contribution >= 0.6 is 23.4 Å². The average Bonchev–Trinajstić information content (AvgIpc) is 2.47. The van der Waals surface area contributed by atoms with Gasteiger partial charge in [-0.25, -0.2) is 4.98 Å². The molecule has 0 atom stereocenters. The zero-order chi connectivity index (χ0) is 15.2. The van der Waals surface area contributed by atoms with Crippen LogP contribution < -0.4 is 5.32 Å². The van der Waals surface area contributed by atoms with Gasteiger partial charge in [0.1, 0.15) is 5.15 Å². The summed E-state index contributed by atoms with van der Waals surface area (Å²) in [6, 6.07) is 11.1. The van der Waals surface area contributed by atoms with E-state index in [9.17, 15) is 4.79 Å². The Kier molecular flexibility index (Phi) is 5.65. The molecule has 0 aliphatic carbocycles.